The van der Waals surface area contributed by atoms with E-state index in [4.69, 9.17) is 5.73 Å². The van der Waals surface area contributed by atoms with E-state index in [1.165, 1.54) is 25.1 Å². The van der Waals surface area contributed by atoms with Crippen LogP contribution < -0.4 is 5.73 Å². The van der Waals surface area contributed by atoms with Crippen LogP contribution in [0.25, 0.3) is 11.1 Å². The molecule has 0 fully saturated rings. The van der Waals surface area contributed by atoms with Crippen molar-refractivity contribution < 1.29 is 0 Å². The SMILES string of the molecule is NCc1ccc(Sc2ccc(-c3ccccc3)cc2)s1. The molecule has 1 heterocycles. The summed E-state index contributed by atoms with van der Waals surface area (Å²) in [6, 6.07) is 23.4. The van der Waals surface area contributed by atoms with Crippen molar-refractivity contribution >= 4 is 23.1 Å². The maximum Gasteiger partial charge on any atom is 0.0649 e. The zero-order chi connectivity index (χ0) is 13.8. The van der Waals surface area contributed by atoms with Gasteiger partial charge in [-0.2, -0.15) is 0 Å². The summed E-state index contributed by atoms with van der Waals surface area (Å²) in [5.41, 5.74) is 8.15. The molecule has 0 aliphatic heterocycles. The van der Waals surface area contributed by atoms with Crippen molar-refractivity contribution in [2.24, 2.45) is 5.73 Å². The highest BCUT2D eigenvalue weighted by atomic mass is 32.2. The average Bonchev–Trinajstić information content (AvgIpc) is 2.97. The molecule has 3 heteroatoms. The Morgan fingerprint density at radius 2 is 1.50 bits per heavy atom. The summed E-state index contributed by atoms with van der Waals surface area (Å²) < 4.78 is 1.29. The average molecular weight is 297 g/mol. The predicted molar refractivity (Wildman–Crippen MR) is 88.2 cm³/mol. The first-order valence-electron chi connectivity index (χ1n) is 6.47. The molecule has 2 aromatic carbocycles. The van der Waals surface area contributed by atoms with Crippen molar-refractivity contribution in [1.29, 1.82) is 0 Å². The van der Waals surface area contributed by atoms with Gasteiger partial charge in [0.1, 0.15) is 0 Å². The number of hydrogen-bond acceptors (Lipinski definition) is 3. The number of nitrogens with two attached hydrogens (primary N) is 1. The molecule has 1 aromatic heterocycles. The zero-order valence-corrected chi connectivity index (χ0v) is 12.6. The van der Waals surface area contributed by atoms with Gasteiger partial charge in [0.25, 0.3) is 0 Å². The monoisotopic (exact) mass is 297 g/mol. The minimum absolute atomic E-state index is 0.623. The molecule has 0 aliphatic carbocycles. The van der Waals surface area contributed by atoms with Gasteiger partial charge in [0.2, 0.25) is 0 Å². The molecule has 100 valence electrons. The molecule has 0 saturated carbocycles. The quantitative estimate of drug-likeness (QED) is 0.731. The van der Waals surface area contributed by atoms with Gasteiger partial charge < -0.3 is 5.73 Å². The van der Waals surface area contributed by atoms with E-state index in [0.29, 0.717) is 6.54 Å². The second kappa shape index (κ2) is 6.27. The maximum absolute atomic E-state index is 5.64. The van der Waals surface area contributed by atoms with Crippen LogP contribution in [0.4, 0.5) is 0 Å². The Hall–Kier alpha value is -1.55. The van der Waals surface area contributed by atoms with Gasteiger partial charge in [-0.1, -0.05) is 54.2 Å². The first kappa shape index (κ1) is 13.4. The van der Waals surface area contributed by atoms with E-state index in [-0.39, 0.29) is 0 Å². The normalized spacial score (nSPS) is 10.7. The molecule has 2 N–H and O–H groups in total. The van der Waals surface area contributed by atoms with Crippen LogP contribution in [0.2, 0.25) is 0 Å². The lowest BCUT2D eigenvalue weighted by molar-refractivity contribution is 1.11. The summed E-state index contributed by atoms with van der Waals surface area (Å²) in [4.78, 5) is 2.49. The van der Waals surface area contributed by atoms with Crippen LogP contribution in [0, 0.1) is 0 Å². The van der Waals surface area contributed by atoms with Gasteiger partial charge in [0.15, 0.2) is 0 Å². The second-order valence-electron chi connectivity index (χ2n) is 4.42. The lowest BCUT2D eigenvalue weighted by Gasteiger charge is -2.03. The van der Waals surface area contributed by atoms with E-state index < -0.39 is 0 Å². The molecule has 1 nitrogen and oxygen atoms in total. The predicted octanol–water partition coefficient (Wildman–Crippen LogP) is 5.03. The molecule has 0 saturated heterocycles. The first-order valence-corrected chi connectivity index (χ1v) is 8.10. The van der Waals surface area contributed by atoms with Crippen molar-refractivity contribution in [3.05, 3.63) is 71.6 Å². The Balaban J connectivity index is 1.76. The molecule has 20 heavy (non-hydrogen) atoms. The Morgan fingerprint density at radius 3 is 2.15 bits per heavy atom. The molecular formula is C17H15NS2. The summed E-state index contributed by atoms with van der Waals surface area (Å²) in [6.45, 7) is 0.623. The Bertz CT molecular complexity index is 672. The van der Waals surface area contributed by atoms with Crippen molar-refractivity contribution in [2.75, 3.05) is 0 Å². The second-order valence-corrected chi connectivity index (χ2v) is 6.96. The fourth-order valence-electron chi connectivity index (χ4n) is 1.98. The Morgan fingerprint density at radius 1 is 0.800 bits per heavy atom. The zero-order valence-electron chi connectivity index (χ0n) is 11.0. The number of hydrogen-bond donors (Lipinski definition) is 1. The van der Waals surface area contributed by atoms with E-state index >= 15 is 0 Å². The largest absolute Gasteiger partial charge is 0.326 e. The van der Waals surface area contributed by atoms with E-state index in [0.717, 1.165) is 0 Å². The van der Waals surface area contributed by atoms with Gasteiger partial charge in [-0.05, 0) is 35.4 Å². The minimum Gasteiger partial charge on any atom is -0.326 e. The molecule has 0 atom stereocenters. The lowest BCUT2D eigenvalue weighted by Crippen LogP contribution is -1.90. The van der Waals surface area contributed by atoms with Crippen LogP contribution in [0.15, 0.2) is 75.8 Å². The summed E-state index contributed by atoms with van der Waals surface area (Å²) in [5.74, 6) is 0. The van der Waals surface area contributed by atoms with E-state index in [1.807, 2.05) is 6.07 Å². The number of thiophene rings is 1. The fraction of sp³-hybridized carbons (Fsp3) is 0.0588. The maximum atomic E-state index is 5.64. The third-order valence-corrected chi connectivity index (χ3v) is 5.27. The molecule has 3 rings (SSSR count). The number of benzene rings is 2. The van der Waals surface area contributed by atoms with Crippen LogP contribution in [0.1, 0.15) is 4.88 Å². The van der Waals surface area contributed by atoms with Crippen molar-refractivity contribution in [3.63, 3.8) is 0 Å². The van der Waals surface area contributed by atoms with Gasteiger partial charge in [-0.15, -0.1) is 11.3 Å². The van der Waals surface area contributed by atoms with E-state index in [1.54, 1.807) is 23.1 Å². The minimum atomic E-state index is 0.623. The molecule has 0 radical (unpaired) electrons. The summed E-state index contributed by atoms with van der Waals surface area (Å²) >= 11 is 3.56. The fourth-order valence-corrected chi connectivity index (χ4v) is 4.02. The summed E-state index contributed by atoms with van der Waals surface area (Å²) in [5, 5.41) is 0. The Labute approximate surface area is 127 Å². The van der Waals surface area contributed by atoms with Gasteiger partial charge >= 0.3 is 0 Å². The molecule has 0 amide bonds. The summed E-state index contributed by atoms with van der Waals surface area (Å²) in [7, 11) is 0. The molecular weight excluding hydrogens is 282 g/mol. The van der Waals surface area contributed by atoms with Crippen molar-refractivity contribution in [2.45, 2.75) is 15.6 Å². The lowest BCUT2D eigenvalue weighted by atomic mass is 10.1. The van der Waals surface area contributed by atoms with Crippen LogP contribution in [0.5, 0.6) is 0 Å². The highest BCUT2D eigenvalue weighted by molar-refractivity contribution is 8.01. The van der Waals surface area contributed by atoms with Crippen LogP contribution in [-0.4, -0.2) is 0 Å². The standard InChI is InChI=1S/C17H15NS2/c18-12-16-10-11-17(20-16)19-15-8-6-14(7-9-15)13-4-2-1-3-5-13/h1-11H,12,18H2. The number of rotatable bonds is 4. The van der Waals surface area contributed by atoms with Gasteiger partial charge in [-0.3, -0.25) is 0 Å². The van der Waals surface area contributed by atoms with Gasteiger partial charge in [-0.25, -0.2) is 0 Å². The molecule has 0 bridgehead atoms. The highest BCUT2D eigenvalue weighted by Crippen LogP contribution is 2.34. The van der Waals surface area contributed by atoms with Crippen molar-refractivity contribution in [3.8, 4) is 11.1 Å². The van der Waals surface area contributed by atoms with Crippen LogP contribution in [0.3, 0.4) is 0 Å². The third kappa shape index (κ3) is 3.12. The molecule has 0 spiro atoms. The molecule has 0 unspecified atom stereocenters. The van der Waals surface area contributed by atoms with Gasteiger partial charge in [0.05, 0.1) is 4.21 Å². The topological polar surface area (TPSA) is 26.0 Å². The molecule has 0 aliphatic rings. The smallest absolute Gasteiger partial charge is 0.0649 e. The molecule has 3 aromatic rings. The Kier molecular flexibility index (Phi) is 4.21. The van der Waals surface area contributed by atoms with Crippen molar-refractivity contribution in [1.82, 2.24) is 0 Å². The summed E-state index contributed by atoms with van der Waals surface area (Å²) in [6.07, 6.45) is 0. The first-order chi connectivity index (χ1) is 9.85. The third-order valence-electron chi connectivity index (χ3n) is 3.02. The van der Waals surface area contributed by atoms with Gasteiger partial charge in [0, 0.05) is 16.3 Å². The highest BCUT2D eigenvalue weighted by Gasteiger charge is 2.02. The van der Waals surface area contributed by atoms with Crippen LogP contribution in [-0.2, 0) is 6.54 Å². The van der Waals surface area contributed by atoms with Crippen LogP contribution >= 0.6 is 23.1 Å². The van der Waals surface area contributed by atoms with E-state index in [9.17, 15) is 0 Å². The van der Waals surface area contributed by atoms with E-state index in [2.05, 4.69) is 60.7 Å².